The highest BCUT2D eigenvalue weighted by Gasteiger charge is 2.27. The summed E-state index contributed by atoms with van der Waals surface area (Å²) < 4.78 is 27.8. The van der Waals surface area contributed by atoms with E-state index < -0.39 is 15.9 Å². The minimum atomic E-state index is -3.10. The van der Waals surface area contributed by atoms with Crippen molar-refractivity contribution < 1.29 is 17.9 Å². The van der Waals surface area contributed by atoms with Gasteiger partial charge in [-0.05, 0) is 43.2 Å². The van der Waals surface area contributed by atoms with Crippen LogP contribution in [0.3, 0.4) is 0 Å². The van der Waals surface area contributed by atoms with Crippen molar-refractivity contribution >= 4 is 28.2 Å². The molecule has 1 aromatic rings. The van der Waals surface area contributed by atoms with Gasteiger partial charge < -0.3 is 15.4 Å². The minimum absolute atomic E-state index is 0. The van der Waals surface area contributed by atoms with Crippen LogP contribution >= 0.6 is 12.4 Å². The number of nitrogens with two attached hydrogens (primary N) is 1. The summed E-state index contributed by atoms with van der Waals surface area (Å²) in [6, 6.07) is 7.28. The maximum Gasteiger partial charge on any atom is 0.239 e. The van der Waals surface area contributed by atoms with Crippen molar-refractivity contribution in [3.63, 3.8) is 0 Å². The number of ether oxygens (including phenoxy) is 1. The van der Waals surface area contributed by atoms with E-state index in [9.17, 15) is 13.2 Å². The van der Waals surface area contributed by atoms with Gasteiger partial charge in [-0.1, -0.05) is 18.2 Å². The van der Waals surface area contributed by atoms with Crippen LogP contribution in [0.1, 0.15) is 24.8 Å². The highest BCUT2D eigenvalue weighted by atomic mass is 35.5. The summed E-state index contributed by atoms with van der Waals surface area (Å²) in [5, 5.41) is 0. The molecule has 1 aliphatic heterocycles. The average molecular weight is 405 g/mol. The number of carbonyl (C=O) groups excluding carboxylic acids is 1. The topological polar surface area (TPSA) is 89.7 Å². The van der Waals surface area contributed by atoms with Crippen LogP contribution in [-0.2, 0) is 21.1 Å². The van der Waals surface area contributed by atoms with E-state index in [-0.39, 0.29) is 30.5 Å². The SMILES string of the molecule is COc1ccccc1CC1CCN(C(=O)C(N)CCS(C)(=O)=O)CC1.Cl. The summed E-state index contributed by atoms with van der Waals surface area (Å²) in [4.78, 5) is 14.1. The molecule has 8 heteroatoms. The Bertz CT molecular complexity index is 688. The van der Waals surface area contributed by atoms with Gasteiger partial charge >= 0.3 is 0 Å². The first-order valence-electron chi connectivity index (χ1n) is 8.64. The number of methoxy groups -OCH3 is 1. The van der Waals surface area contributed by atoms with E-state index in [1.54, 1.807) is 12.0 Å². The number of likely N-dealkylation sites (tertiary alicyclic amines) is 1. The van der Waals surface area contributed by atoms with Crippen LogP contribution in [0, 0.1) is 5.92 Å². The third kappa shape index (κ3) is 6.78. The zero-order valence-corrected chi connectivity index (χ0v) is 17.0. The summed E-state index contributed by atoms with van der Waals surface area (Å²) in [5.74, 6) is 1.22. The summed E-state index contributed by atoms with van der Waals surface area (Å²) in [7, 11) is -1.42. The van der Waals surface area contributed by atoms with Crippen LogP contribution in [0.4, 0.5) is 0 Å². The number of piperidine rings is 1. The first-order valence-corrected chi connectivity index (χ1v) is 10.7. The maximum atomic E-state index is 12.4. The molecular weight excluding hydrogens is 376 g/mol. The highest BCUT2D eigenvalue weighted by Crippen LogP contribution is 2.26. The molecule has 0 radical (unpaired) electrons. The molecule has 1 fully saturated rings. The fourth-order valence-corrected chi connectivity index (χ4v) is 3.92. The molecule has 2 rings (SSSR count). The predicted molar refractivity (Wildman–Crippen MR) is 106 cm³/mol. The Morgan fingerprint density at radius 2 is 1.92 bits per heavy atom. The van der Waals surface area contributed by atoms with Gasteiger partial charge in [-0.25, -0.2) is 8.42 Å². The summed E-state index contributed by atoms with van der Waals surface area (Å²) in [6.45, 7) is 1.34. The Hall–Kier alpha value is -1.31. The van der Waals surface area contributed by atoms with Crippen molar-refractivity contribution in [2.24, 2.45) is 11.7 Å². The number of amides is 1. The van der Waals surface area contributed by atoms with E-state index in [0.717, 1.165) is 31.3 Å². The summed E-state index contributed by atoms with van der Waals surface area (Å²) in [6.07, 6.45) is 4.11. The van der Waals surface area contributed by atoms with Crippen LogP contribution in [0.25, 0.3) is 0 Å². The molecule has 0 aliphatic carbocycles. The van der Waals surface area contributed by atoms with E-state index >= 15 is 0 Å². The lowest BCUT2D eigenvalue weighted by Crippen LogP contribution is -2.47. The predicted octanol–water partition coefficient (Wildman–Crippen LogP) is 1.66. The van der Waals surface area contributed by atoms with Gasteiger partial charge in [0.1, 0.15) is 15.6 Å². The molecule has 148 valence electrons. The fourth-order valence-electron chi connectivity index (χ4n) is 3.24. The molecule has 0 aromatic heterocycles. The third-order valence-corrected chi connectivity index (χ3v) is 5.72. The lowest BCUT2D eigenvalue weighted by molar-refractivity contribution is -0.134. The number of hydrogen-bond donors (Lipinski definition) is 1. The number of hydrogen-bond acceptors (Lipinski definition) is 5. The van der Waals surface area contributed by atoms with Crippen molar-refractivity contribution in [1.29, 1.82) is 0 Å². The number of rotatable bonds is 7. The van der Waals surface area contributed by atoms with Crippen LogP contribution in [0.15, 0.2) is 24.3 Å². The van der Waals surface area contributed by atoms with Gasteiger partial charge in [-0.15, -0.1) is 12.4 Å². The van der Waals surface area contributed by atoms with Crippen molar-refractivity contribution in [2.45, 2.75) is 31.7 Å². The Morgan fingerprint density at radius 1 is 1.31 bits per heavy atom. The quantitative estimate of drug-likeness (QED) is 0.746. The van der Waals surface area contributed by atoms with Crippen LogP contribution < -0.4 is 10.5 Å². The highest BCUT2D eigenvalue weighted by molar-refractivity contribution is 7.90. The monoisotopic (exact) mass is 404 g/mol. The zero-order valence-electron chi connectivity index (χ0n) is 15.4. The number of halogens is 1. The standard InChI is InChI=1S/C18H28N2O4S.ClH/c1-24-17-6-4-3-5-15(17)13-14-7-10-20(11-8-14)18(21)16(19)9-12-25(2,22)23;/h3-6,14,16H,7-13,19H2,1-2H3;1H. The summed E-state index contributed by atoms with van der Waals surface area (Å²) in [5.41, 5.74) is 7.07. The average Bonchev–Trinajstić information content (AvgIpc) is 2.59. The molecular formula is C18H29ClN2O4S. The number of sulfone groups is 1. The number of carbonyl (C=O) groups is 1. The molecule has 1 amide bonds. The molecule has 1 saturated heterocycles. The molecule has 6 nitrogen and oxygen atoms in total. The normalized spacial score (nSPS) is 16.7. The first kappa shape index (κ1) is 22.7. The lowest BCUT2D eigenvalue weighted by atomic mass is 9.89. The van der Waals surface area contributed by atoms with E-state index in [0.29, 0.717) is 19.0 Å². The fraction of sp³-hybridized carbons (Fsp3) is 0.611. The second-order valence-electron chi connectivity index (χ2n) is 6.81. The largest absolute Gasteiger partial charge is 0.496 e. The molecule has 0 bridgehead atoms. The lowest BCUT2D eigenvalue weighted by Gasteiger charge is -2.33. The second-order valence-corrected chi connectivity index (χ2v) is 9.07. The number of nitrogens with zero attached hydrogens (tertiary/aromatic N) is 1. The van der Waals surface area contributed by atoms with E-state index in [1.165, 1.54) is 5.56 Å². The Balaban J connectivity index is 0.00000338. The van der Waals surface area contributed by atoms with Crippen molar-refractivity contribution in [3.8, 4) is 5.75 Å². The van der Waals surface area contributed by atoms with Gasteiger partial charge in [0.2, 0.25) is 5.91 Å². The second kappa shape index (κ2) is 10.1. The van der Waals surface area contributed by atoms with Gasteiger partial charge in [0.25, 0.3) is 0 Å². The zero-order chi connectivity index (χ0) is 18.4. The Morgan fingerprint density at radius 3 is 2.50 bits per heavy atom. The van der Waals surface area contributed by atoms with Gasteiger partial charge in [-0.2, -0.15) is 0 Å². The molecule has 26 heavy (non-hydrogen) atoms. The van der Waals surface area contributed by atoms with Gasteiger partial charge in [0.15, 0.2) is 0 Å². The van der Waals surface area contributed by atoms with Crippen LogP contribution in [-0.4, -0.2) is 57.5 Å². The molecule has 2 N–H and O–H groups in total. The number of para-hydroxylation sites is 1. The molecule has 1 heterocycles. The van der Waals surface area contributed by atoms with E-state index in [1.807, 2.05) is 18.2 Å². The van der Waals surface area contributed by atoms with Gasteiger partial charge in [0, 0.05) is 19.3 Å². The molecule has 1 atom stereocenters. The van der Waals surface area contributed by atoms with Crippen LogP contribution in [0.2, 0.25) is 0 Å². The number of benzene rings is 1. The maximum absolute atomic E-state index is 12.4. The van der Waals surface area contributed by atoms with Crippen molar-refractivity contribution in [3.05, 3.63) is 29.8 Å². The van der Waals surface area contributed by atoms with Gasteiger partial charge in [0.05, 0.1) is 18.9 Å². The first-order chi connectivity index (χ1) is 11.8. The van der Waals surface area contributed by atoms with E-state index in [2.05, 4.69) is 6.07 Å². The van der Waals surface area contributed by atoms with Gasteiger partial charge in [-0.3, -0.25) is 4.79 Å². The van der Waals surface area contributed by atoms with E-state index in [4.69, 9.17) is 10.5 Å². The molecule has 1 aromatic carbocycles. The molecule has 1 aliphatic rings. The molecule has 1 unspecified atom stereocenters. The van der Waals surface area contributed by atoms with Crippen molar-refractivity contribution in [1.82, 2.24) is 4.90 Å². The van der Waals surface area contributed by atoms with Crippen molar-refractivity contribution in [2.75, 3.05) is 32.2 Å². The Labute approximate surface area is 162 Å². The molecule has 0 spiro atoms. The summed E-state index contributed by atoms with van der Waals surface area (Å²) >= 11 is 0. The Kier molecular flexibility index (Phi) is 8.86. The molecule has 0 saturated carbocycles. The minimum Gasteiger partial charge on any atom is -0.496 e. The smallest absolute Gasteiger partial charge is 0.239 e. The van der Waals surface area contributed by atoms with Crippen LogP contribution in [0.5, 0.6) is 5.75 Å². The third-order valence-electron chi connectivity index (χ3n) is 4.74.